The number of phenols is 3. The molecule has 56 heavy (non-hydrogen) atoms. The second-order valence-corrected chi connectivity index (χ2v) is 13.8. The minimum Gasteiger partial charge on any atom is -0.508 e. The van der Waals surface area contributed by atoms with Gasteiger partial charge in [0.05, 0.1) is 19.1 Å². The van der Waals surface area contributed by atoms with Gasteiger partial charge in [0.25, 0.3) is 0 Å². The summed E-state index contributed by atoms with van der Waals surface area (Å²) in [5.74, 6) is -0.245. The molecule has 0 spiro atoms. The lowest BCUT2D eigenvalue weighted by Crippen LogP contribution is -2.60. The molecule has 0 unspecified atom stereocenters. The summed E-state index contributed by atoms with van der Waals surface area (Å²) in [4.78, 5) is 0. The van der Waals surface area contributed by atoms with Gasteiger partial charge in [0.2, 0.25) is 12.6 Å². The number of hydrogen-bond donors (Lipinski definition) is 11. The van der Waals surface area contributed by atoms with Crippen LogP contribution < -0.4 is 14.2 Å². The molecule has 7 rings (SSSR count). The van der Waals surface area contributed by atoms with E-state index in [9.17, 15) is 56.2 Å². The van der Waals surface area contributed by atoms with Crippen LogP contribution in [0, 0.1) is 0 Å². The van der Waals surface area contributed by atoms with Gasteiger partial charge in [-0.2, -0.15) is 0 Å². The smallest absolute Gasteiger partial charge is 0.229 e. The van der Waals surface area contributed by atoms with Crippen LogP contribution in [-0.2, 0) is 9.47 Å². The summed E-state index contributed by atoms with van der Waals surface area (Å²) < 4.78 is 28.8. The number of fused-ring (bicyclic) bond motifs is 1. The van der Waals surface area contributed by atoms with Crippen molar-refractivity contribution in [1.29, 1.82) is 0 Å². The lowest BCUT2D eigenvalue weighted by molar-refractivity contribution is -0.277. The van der Waals surface area contributed by atoms with Crippen molar-refractivity contribution in [3.63, 3.8) is 0 Å². The van der Waals surface area contributed by atoms with Crippen molar-refractivity contribution in [2.45, 2.75) is 73.4 Å². The lowest BCUT2D eigenvalue weighted by atomic mass is 9.82. The predicted octanol–water partition coefficient (Wildman–Crippen LogP) is 0.597. The van der Waals surface area contributed by atoms with E-state index in [-0.39, 0.29) is 28.7 Å². The second kappa shape index (κ2) is 16.2. The maximum Gasteiger partial charge on any atom is 0.229 e. The average molecular weight is 779 g/mol. The van der Waals surface area contributed by atoms with Crippen molar-refractivity contribution in [2.75, 3.05) is 13.2 Å². The van der Waals surface area contributed by atoms with E-state index in [2.05, 4.69) is 0 Å². The van der Waals surface area contributed by atoms with Crippen LogP contribution >= 0.6 is 0 Å². The fourth-order valence-corrected chi connectivity index (χ4v) is 7.13. The third-order valence-electron chi connectivity index (χ3n) is 10.1. The number of aliphatic hydroxyl groups is 8. The van der Waals surface area contributed by atoms with Gasteiger partial charge in [0, 0.05) is 17.7 Å². The summed E-state index contributed by atoms with van der Waals surface area (Å²) in [6.45, 7) is -1.21. The molecule has 12 atom stereocenters. The van der Waals surface area contributed by atoms with Gasteiger partial charge in [-0.05, 0) is 64.7 Å². The molecule has 16 nitrogen and oxygen atoms in total. The van der Waals surface area contributed by atoms with Gasteiger partial charge in [-0.25, -0.2) is 0 Å². The number of ether oxygens (including phenoxy) is 5. The van der Waals surface area contributed by atoms with Gasteiger partial charge < -0.3 is 79.9 Å². The quantitative estimate of drug-likeness (QED) is 0.0985. The predicted molar refractivity (Wildman–Crippen MR) is 194 cm³/mol. The van der Waals surface area contributed by atoms with E-state index in [0.717, 1.165) is 0 Å². The molecule has 4 aromatic rings. The number of aliphatic hydroxyl groups excluding tert-OH is 8. The Hall–Kier alpha value is -4.98. The maximum absolute atomic E-state index is 10.8. The van der Waals surface area contributed by atoms with Gasteiger partial charge >= 0.3 is 0 Å². The van der Waals surface area contributed by atoms with Crippen LogP contribution in [0.25, 0.3) is 12.2 Å². The Balaban J connectivity index is 1.14. The first-order valence-electron chi connectivity index (χ1n) is 17.7. The van der Waals surface area contributed by atoms with Gasteiger partial charge in [0.1, 0.15) is 89.4 Å². The first-order chi connectivity index (χ1) is 26.8. The van der Waals surface area contributed by atoms with E-state index in [1.54, 1.807) is 66.7 Å². The average Bonchev–Trinajstić information content (AvgIpc) is 3.57. The fraction of sp³-hybridized carbons (Fsp3) is 0.350. The maximum atomic E-state index is 10.8. The zero-order valence-corrected chi connectivity index (χ0v) is 29.5. The van der Waals surface area contributed by atoms with Crippen LogP contribution in [0.15, 0.2) is 78.9 Å². The van der Waals surface area contributed by atoms with Crippen LogP contribution in [0.4, 0.5) is 0 Å². The molecule has 3 heterocycles. The third kappa shape index (κ3) is 7.85. The van der Waals surface area contributed by atoms with Gasteiger partial charge in [-0.3, -0.25) is 0 Å². The lowest BCUT2D eigenvalue weighted by Gasteiger charge is -2.39. The Labute approximate surface area is 319 Å². The summed E-state index contributed by atoms with van der Waals surface area (Å²) >= 11 is 0. The summed E-state index contributed by atoms with van der Waals surface area (Å²) in [5.41, 5.74) is 3.01. The highest BCUT2D eigenvalue weighted by atomic mass is 16.7. The largest absolute Gasteiger partial charge is 0.508 e. The third-order valence-corrected chi connectivity index (χ3v) is 10.1. The summed E-state index contributed by atoms with van der Waals surface area (Å²) in [7, 11) is 0. The summed E-state index contributed by atoms with van der Waals surface area (Å²) in [6, 6.07) is 20.3. The highest BCUT2D eigenvalue weighted by Gasteiger charge is 2.46. The highest BCUT2D eigenvalue weighted by Crippen LogP contribution is 2.53. The molecule has 3 aliphatic heterocycles. The molecule has 0 aliphatic carbocycles. The van der Waals surface area contributed by atoms with Crippen molar-refractivity contribution < 1.29 is 79.9 Å². The van der Waals surface area contributed by atoms with Crippen LogP contribution in [0.5, 0.6) is 34.5 Å². The minimum absolute atomic E-state index is 0.0897. The Morgan fingerprint density at radius 2 is 1.04 bits per heavy atom. The SMILES string of the molecule is OC[C@H]1O[C@@H](Oc2ccc(/C=C/c3cc(O)cc4c3[C@H](c3cc(O)cc(O)c3)[C@@H](c3ccc(O[C@@H]5O[C@H](CO)[C@@H](O)[C@H](O)[C@H]5O)cc3)O4)cc2)[C@H](O)[C@@H](O)[C@@H]1O. The number of aromatic hydroxyl groups is 3. The van der Waals surface area contributed by atoms with E-state index >= 15 is 0 Å². The van der Waals surface area contributed by atoms with Gasteiger partial charge in [-0.1, -0.05) is 36.4 Å². The van der Waals surface area contributed by atoms with Crippen LogP contribution in [0.3, 0.4) is 0 Å². The molecular formula is C40H42O16. The van der Waals surface area contributed by atoms with Crippen molar-refractivity contribution in [3.8, 4) is 34.5 Å². The van der Waals surface area contributed by atoms with E-state index in [4.69, 9.17) is 23.7 Å². The van der Waals surface area contributed by atoms with Crippen molar-refractivity contribution in [3.05, 3.63) is 107 Å². The Morgan fingerprint density at radius 3 is 1.55 bits per heavy atom. The van der Waals surface area contributed by atoms with Crippen LogP contribution in [0.2, 0.25) is 0 Å². The van der Waals surface area contributed by atoms with Gasteiger partial charge in [-0.15, -0.1) is 0 Å². The molecule has 0 aromatic heterocycles. The zero-order chi connectivity index (χ0) is 39.8. The van der Waals surface area contributed by atoms with Gasteiger partial charge in [0.15, 0.2) is 0 Å². The second-order valence-electron chi connectivity index (χ2n) is 13.8. The Kier molecular flexibility index (Phi) is 11.4. The Morgan fingerprint density at radius 1 is 0.536 bits per heavy atom. The molecular weight excluding hydrogens is 736 g/mol. The molecule has 2 saturated heterocycles. The standard InChI is InChI=1S/C40H42O16/c41-16-28-32(46)34(48)36(50)39(55-28)52-25-7-2-18(3-8-25)1-4-20-11-24(45)15-27-30(20)31(21-12-22(43)14-23(44)13-21)38(54-27)19-5-9-26(10-6-19)53-40-37(51)35(49)33(47)29(17-42)56-40/h1-15,28-29,31-51H,16-17H2/b4-1+/t28-,29-,31+,32-,33-,34+,35+,36-,37-,38-,39-,40-/m1/s1. The fourth-order valence-electron chi connectivity index (χ4n) is 7.13. The van der Waals surface area contributed by atoms with Crippen molar-refractivity contribution in [2.24, 2.45) is 0 Å². The van der Waals surface area contributed by atoms with Crippen LogP contribution in [0.1, 0.15) is 39.8 Å². The molecule has 16 heteroatoms. The minimum atomic E-state index is -1.62. The molecule has 0 bridgehead atoms. The van der Waals surface area contributed by atoms with Crippen LogP contribution in [-0.4, -0.2) is 131 Å². The van der Waals surface area contributed by atoms with E-state index in [0.29, 0.717) is 33.6 Å². The molecule has 4 aromatic carbocycles. The summed E-state index contributed by atoms with van der Waals surface area (Å²) in [6.07, 6.45) is -11.7. The molecule has 0 radical (unpaired) electrons. The molecule has 3 aliphatic rings. The number of rotatable bonds is 10. The normalized spacial score (nSPS) is 31.5. The monoisotopic (exact) mass is 778 g/mol. The molecule has 11 N–H and O–H groups in total. The van der Waals surface area contributed by atoms with Crippen molar-refractivity contribution >= 4 is 12.2 Å². The first-order valence-corrected chi connectivity index (χ1v) is 17.7. The molecule has 0 saturated carbocycles. The topological polar surface area (TPSA) is 269 Å². The number of hydrogen-bond acceptors (Lipinski definition) is 16. The number of phenolic OH excluding ortho intramolecular Hbond substituents is 3. The molecule has 2 fully saturated rings. The number of benzene rings is 4. The zero-order valence-electron chi connectivity index (χ0n) is 29.5. The molecule has 298 valence electrons. The van der Waals surface area contributed by atoms with E-state index in [1.807, 2.05) is 0 Å². The van der Waals surface area contributed by atoms with Crippen molar-refractivity contribution in [1.82, 2.24) is 0 Å². The molecule has 0 amide bonds. The Bertz CT molecular complexity index is 1980. The van der Waals surface area contributed by atoms with E-state index < -0.39 is 86.6 Å². The highest BCUT2D eigenvalue weighted by molar-refractivity contribution is 5.75. The summed E-state index contributed by atoms with van der Waals surface area (Å²) in [5, 5.41) is 112. The van der Waals surface area contributed by atoms with E-state index in [1.165, 1.54) is 24.3 Å². The first kappa shape index (κ1) is 39.3.